The van der Waals surface area contributed by atoms with E-state index in [1.54, 1.807) is 13.8 Å². The number of hydrogen-bond donors (Lipinski definition) is 1. The van der Waals surface area contributed by atoms with Gasteiger partial charge in [-0.2, -0.15) is 5.26 Å². The van der Waals surface area contributed by atoms with Crippen molar-refractivity contribution in [2.45, 2.75) is 58.3 Å². The van der Waals surface area contributed by atoms with E-state index < -0.39 is 17.4 Å². The Morgan fingerprint density at radius 3 is 2.68 bits per heavy atom. The Balaban J connectivity index is 2.83. The number of carbonyl (C=O) groups excluding carboxylic acids is 1. The van der Waals surface area contributed by atoms with Gasteiger partial charge in [0.15, 0.2) is 11.3 Å². The third-order valence-electron chi connectivity index (χ3n) is 3.68. The van der Waals surface area contributed by atoms with E-state index in [9.17, 15) is 9.90 Å². The average Bonchev–Trinajstić information content (AvgIpc) is 2.43. The molecule has 0 radical (unpaired) electrons. The summed E-state index contributed by atoms with van der Waals surface area (Å²) < 4.78 is 5.35. The molecule has 1 heterocycles. The minimum atomic E-state index is -1.39. The van der Waals surface area contributed by atoms with Crippen LogP contribution in [0.25, 0.3) is 0 Å². The van der Waals surface area contributed by atoms with Crippen LogP contribution < -0.4 is 0 Å². The lowest BCUT2D eigenvalue weighted by molar-refractivity contribution is -0.138. The number of carbonyl (C=O) groups is 1. The van der Waals surface area contributed by atoms with Crippen molar-refractivity contribution in [1.29, 1.82) is 5.26 Å². The van der Waals surface area contributed by atoms with Crippen LogP contribution in [-0.4, -0.2) is 34.0 Å². The number of aliphatic hydroxyl groups is 1. The van der Waals surface area contributed by atoms with Gasteiger partial charge in [-0.05, 0) is 40.5 Å². The van der Waals surface area contributed by atoms with E-state index in [-0.39, 0.29) is 13.0 Å². The third kappa shape index (κ3) is 3.07. The van der Waals surface area contributed by atoms with Crippen LogP contribution in [0.3, 0.4) is 0 Å². The predicted molar refractivity (Wildman–Crippen MR) is 71.1 cm³/mol. The summed E-state index contributed by atoms with van der Waals surface area (Å²) in [6, 6.07) is 1.97. The topological polar surface area (TPSA) is 73.6 Å². The highest BCUT2D eigenvalue weighted by Crippen LogP contribution is 2.40. The Kier molecular flexibility index (Phi) is 4.59. The van der Waals surface area contributed by atoms with E-state index >= 15 is 0 Å². The molecule has 1 aliphatic heterocycles. The third-order valence-corrected chi connectivity index (χ3v) is 3.68. The molecule has 0 saturated carbocycles. The molecule has 0 unspecified atom stereocenters. The van der Waals surface area contributed by atoms with Crippen LogP contribution in [0.4, 0.5) is 4.79 Å². The van der Waals surface area contributed by atoms with Crippen molar-refractivity contribution in [2.24, 2.45) is 0 Å². The molecule has 1 N–H and O–H groups in total. The molecule has 0 aromatic heterocycles. The van der Waals surface area contributed by atoms with Gasteiger partial charge >= 0.3 is 6.09 Å². The average molecular weight is 266 g/mol. The van der Waals surface area contributed by atoms with E-state index in [0.717, 1.165) is 6.42 Å². The highest BCUT2D eigenvalue weighted by Gasteiger charge is 2.58. The van der Waals surface area contributed by atoms with Crippen molar-refractivity contribution < 1.29 is 14.6 Å². The zero-order valence-electron chi connectivity index (χ0n) is 12.1. The van der Waals surface area contributed by atoms with Gasteiger partial charge < -0.3 is 9.84 Å². The Morgan fingerprint density at radius 1 is 1.53 bits per heavy atom. The molecule has 1 rings (SSSR count). The molecule has 1 saturated heterocycles. The molecule has 106 valence electrons. The quantitative estimate of drug-likeness (QED) is 0.776. The van der Waals surface area contributed by atoms with Gasteiger partial charge in [0.05, 0.1) is 12.5 Å². The largest absolute Gasteiger partial charge is 0.438 e. The molecular formula is C14H22N2O3. The predicted octanol–water partition coefficient (Wildman–Crippen LogP) is 2.57. The maximum absolute atomic E-state index is 11.8. The Bertz CT molecular complexity index is 419. The van der Waals surface area contributed by atoms with Gasteiger partial charge in [0.1, 0.15) is 0 Å². The van der Waals surface area contributed by atoms with Crippen molar-refractivity contribution in [3.05, 3.63) is 11.6 Å². The summed E-state index contributed by atoms with van der Waals surface area (Å²) in [6.45, 7) is 7.48. The van der Waals surface area contributed by atoms with E-state index in [2.05, 4.69) is 0 Å². The maximum atomic E-state index is 11.8. The number of rotatable bonds is 5. The number of allylic oxidation sites excluding steroid dienone is 2. The van der Waals surface area contributed by atoms with Gasteiger partial charge in [0, 0.05) is 6.54 Å². The first-order chi connectivity index (χ1) is 8.74. The van der Waals surface area contributed by atoms with Crippen LogP contribution >= 0.6 is 0 Å². The highest BCUT2D eigenvalue weighted by molar-refractivity contribution is 5.72. The van der Waals surface area contributed by atoms with E-state index in [1.807, 2.05) is 26.0 Å². The molecular weight excluding hydrogens is 244 g/mol. The van der Waals surface area contributed by atoms with Crippen molar-refractivity contribution in [1.82, 2.24) is 4.90 Å². The van der Waals surface area contributed by atoms with Gasteiger partial charge in [-0.15, -0.1) is 0 Å². The maximum Gasteiger partial charge on any atom is 0.412 e. The second-order valence-corrected chi connectivity index (χ2v) is 5.50. The number of nitriles is 1. The minimum absolute atomic E-state index is 0.176. The zero-order chi connectivity index (χ0) is 14.7. The summed E-state index contributed by atoms with van der Waals surface area (Å²) in [5, 5.41) is 19.2. The standard InChI is InChI=1S/C14H22N2O3/c1-11(2)7-5-8-13(3)14(4,18)16(10-6-9-15)12(17)19-13/h7,18H,5-6,8,10H2,1-4H3/t13-,14+/m1/s1. The molecule has 1 aliphatic rings. The Hall–Kier alpha value is -1.54. The summed E-state index contributed by atoms with van der Waals surface area (Å²) in [7, 11) is 0. The molecule has 0 bridgehead atoms. The zero-order valence-corrected chi connectivity index (χ0v) is 12.1. The smallest absolute Gasteiger partial charge is 0.412 e. The van der Waals surface area contributed by atoms with E-state index in [4.69, 9.17) is 10.00 Å². The lowest BCUT2D eigenvalue weighted by atomic mass is 9.88. The van der Waals surface area contributed by atoms with Crippen molar-refractivity contribution in [3.63, 3.8) is 0 Å². The molecule has 0 aliphatic carbocycles. The summed E-state index contributed by atoms with van der Waals surface area (Å²) >= 11 is 0. The van der Waals surface area contributed by atoms with Crippen LogP contribution in [0.2, 0.25) is 0 Å². The first kappa shape index (κ1) is 15.5. The molecule has 1 fully saturated rings. The summed E-state index contributed by atoms with van der Waals surface area (Å²) in [4.78, 5) is 13.1. The normalized spacial score (nSPS) is 29.9. The summed E-state index contributed by atoms with van der Waals surface area (Å²) in [5.74, 6) is 0. The molecule has 5 nitrogen and oxygen atoms in total. The highest BCUT2D eigenvalue weighted by atomic mass is 16.6. The first-order valence-electron chi connectivity index (χ1n) is 6.48. The lowest BCUT2D eigenvalue weighted by Gasteiger charge is -2.37. The van der Waals surface area contributed by atoms with Crippen LogP contribution in [0.5, 0.6) is 0 Å². The summed E-state index contributed by atoms with van der Waals surface area (Å²) in [5.41, 5.74) is -1.16. The summed E-state index contributed by atoms with van der Waals surface area (Å²) in [6.07, 6.45) is 2.94. The second-order valence-electron chi connectivity index (χ2n) is 5.50. The first-order valence-corrected chi connectivity index (χ1v) is 6.48. The van der Waals surface area contributed by atoms with Crippen LogP contribution in [0.15, 0.2) is 11.6 Å². The molecule has 0 aromatic rings. The van der Waals surface area contributed by atoms with Crippen molar-refractivity contribution >= 4 is 6.09 Å². The number of amides is 1. The Morgan fingerprint density at radius 2 is 2.16 bits per heavy atom. The Labute approximate surface area is 114 Å². The molecule has 0 aromatic carbocycles. The van der Waals surface area contributed by atoms with Gasteiger partial charge in [0.25, 0.3) is 0 Å². The fourth-order valence-electron chi connectivity index (χ4n) is 2.20. The van der Waals surface area contributed by atoms with Crippen molar-refractivity contribution in [2.75, 3.05) is 6.54 Å². The molecule has 5 heteroatoms. The van der Waals surface area contributed by atoms with Crippen molar-refractivity contribution in [3.8, 4) is 6.07 Å². The number of nitrogens with zero attached hydrogens (tertiary/aromatic N) is 2. The fourth-order valence-corrected chi connectivity index (χ4v) is 2.20. The SMILES string of the molecule is CC(C)=CCC[C@@]1(C)OC(=O)N(CCC#N)[C@@]1(C)O. The molecule has 2 atom stereocenters. The molecule has 1 amide bonds. The second kappa shape index (κ2) is 5.62. The van der Waals surface area contributed by atoms with Gasteiger partial charge in [-0.25, -0.2) is 4.79 Å². The number of cyclic esters (lactones) is 1. The van der Waals surface area contributed by atoms with Gasteiger partial charge in [-0.3, -0.25) is 4.90 Å². The lowest BCUT2D eigenvalue weighted by Crippen LogP contribution is -2.55. The monoisotopic (exact) mass is 266 g/mol. The fraction of sp³-hybridized carbons (Fsp3) is 0.714. The van der Waals surface area contributed by atoms with Crippen LogP contribution in [0.1, 0.15) is 47.0 Å². The van der Waals surface area contributed by atoms with Gasteiger partial charge in [-0.1, -0.05) is 11.6 Å². The minimum Gasteiger partial charge on any atom is -0.438 e. The van der Waals surface area contributed by atoms with Gasteiger partial charge in [0.2, 0.25) is 0 Å². The van der Waals surface area contributed by atoms with Crippen LogP contribution in [-0.2, 0) is 4.74 Å². The van der Waals surface area contributed by atoms with Crippen LogP contribution in [0, 0.1) is 11.3 Å². The molecule has 0 spiro atoms. The number of hydrogen-bond acceptors (Lipinski definition) is 4. The number of ether oxygens (including phenoxy) is 1. The van der Waals surface area contributed by atoms with E-state index in [1.165, 1.54) is 10.5 Å². The molecule has 19 heavy (non-hydrogen) atoms. The van der Waals surface area contributed by atoms with E-state index in [0.29, 0.717) is 6.42 Å².